The van der Waals surface area contributed by atoms with E-state index in [-0.39, 0.29) is 18.9 Å². The Labute approximate surface area is 491 Å². The molecule has 3 aliphatic heterocycles. The van der Waals surface area contributed by atoms with E-state index in [0.29, 0.717) is 12.8 Å². The molecule has 3 rings (SSSR count). The summed E-state index contributed by atoms with van der Waals surface area (Å²) in [6, 6.07) is -0.999. The summed E-state index contributed by atoms with van der Waals surface area (Å²) in [5.74, 6) is -0.295. The zero-order valence-electron chi connectivity index (χ0n) is 50.0. The Morgan fingerprint density at radius 2 is 0.780 bits per heavy atom. The van der Waals surface area contributed by atoms with E-state index < -0.39 is 124 Å². The number of carbonyl (C=O) groups is 1. The third kappa shape index (κ3) is 29.0. The second-order valence-electron chi connectivity index (χ2n) is 22.8. The van der Waals surface area contributed by atoms with Gasteiger partial charge in [-0.1, -0.05) is 184 Å². The van der Waals surface area contributed by atoms with Crippen LogP contribution in [0.5, 0.6) is 0 Å². The molecule has 0 aromatic carbocycles. The van der Waals surface area contributed by atoms with Gasteiger partial charge in [0, 0.05) is 6.42 Å². The minimum atomic E-state index is -1.98. The molecule has 17 atom stereocenters. The van der Waals surface area contributed by atoms with E-state index >= 15 is 0 Å². The van der Waals surface area contributed by atoms with Gasteiger partial charge in [0.1, 0.15) is 73.2 Å². The van der Waals surface area contributed by atoms with Crippen LogP contribution in [0.3, 0.4) is 0 Å². The van der Waals surface area contributed by atoms with E-state index in [1.54, 1.807) is 6.08 Å². The van der Waals surface area contributed by atoms with Crippen molar-refractivity contribution < 1.29 is 89.4 Å². The average Bonchev–Trinajstić information content (AvgIpc) is 3.43. The van der Waals surface area contributed by atoms with E-state index in [1.807, 2.05) is 6.08 Å². The second-order valence-corrected chi connectivity index (χ2v) is 22.8. The summed E-state index contributed by atoms with van der Waals surface area (Å²) in [4.78, 5) is 13.3. The van der Waals surface area contributed by atoms with Gasteiger partial charge in [0.25, 0.3) is 0 Å². The molecule has 19 nitrogen and oxygen atoms in total. The summed E-state index contributed by atoms with van der Waals surface area (Å²) in [7, 11) is 0. The molecule has 0 aromatic heterocycles. The van der Waals surface area contributed by atoms with Crippen LogP contribution >= 0.6 is 0 Å². The zero-order chi connectivity index (χ0) is 59.7. The number of carbonyl (C=O) groups excluding carboxylic acids is 1. The molecule has 3 fully saturated rings. The lowest BCUT2D eigenvalue weighted by Gasteiger charge is -2.48. The van der Waals surface area contributed by atoms with Crippen molar-refractivity contribution in [1.29, 1.82) is 0 Å². The summed E-state index contributed by atoms with van der Waals surface area (Å²) >= 11 is 0. The number of hydrogen-bond acceptors (Lipinski definition) is 18. The first-order valence-electron chi connectivity index (χ1n) is 31.9. The van der Waals surface area contributed by atoms with Crippen molar-refractivity contribution in [2.75, 3.05) is 26.4 Å². The maximum Gasteiger partial charge on any atom is 0.220 e. The van der Waals surface area contributed by atoms with Crippen molar-refractivity contribution in [2.45, 2.75) is 317 Å². The van der Waals surface area contributed by atoms with E-state index in [1.165, 1.54) is 122 Å². The van der Waals surface area contributed by atoms with Crippen molar-refractivity contribution in [3.05, 3.63) is 48.6 Å². The highest BCUT2D eigenvalue weighted by Crippen LogP contribution is 2.33. The highest BCUT2D eigenvalue weighted by Gasteiger charge is 2.53. The predicted molar refractivity (Wildman–Crippen MR) is 314 cm³/mol. The van der Waals surface area contributed by atoms with Crippen molar-refractivity contribution in [1.82, 2.24) is 5.32 Å². The third-order valence-corrected chi connectivity index (χ3v) is 15.8. The fraction of sp³-hybridized carbons (Fsp3) is 0.857. The molecule has 0 saturated carbocycles. The Bertz CT molecular complexity index is 1680. The molecule has 0 aliphatic carbocycles. The van der Waals surface area contributed by atoms with Crippen molar-refractivity contribution in [2.24, 2.45) is 0 Å². The standard InChI is InChI=1S/C63H113NO18/c1-3-5-7-9-11-13-15-17-19-21-23-24-26-28-30-32-34-36-38-40-47(68)46(64-51(69)41-39-37-35-33-31-29-27-25-22-20-18-16-14-12-10-8-6-4-2)45-77-61-57(75)54(72)59(49(43-66)79-61)82-63-58(76)55(73)60(50(44-67)80-63)81-62-56(74)53(71)52(70)48(42-65)78-62/h20,22-24,30,32,38,40,46-50,52-63,65-68,70-76H,3-19,21,25-29,31,33-37,39,41-45H2,1-2H3,(H,64,69)/b22-20-,24-23+,32-30+,40-38+. The number of hydrogen-bond donors (Lipinski definition) is 12. The van der Waals surface area contributed by atoms with Crippen LogP contribution in [0.2, 0.25) is 0 Å². The Hall–Kier alpha value is -2.25. The Morgan fingerprint density at radius 3 is 1.22 bits per heavy atom. The number of unbranched alkanes of at least 4 members (excludes halogenated alkanes) is 25. The van der Waals surface area contributed by atoms with E-state index in [2.05, 4.69) is 55.6 Å². The highest BCUT2D eigenvalue weighted by atomic mass is 16.8. The molecule has 12 N–H and O–H groups in total. The average molecular weight is 1170 g/mol. The van der Waals surface area contributed by atoms with Crippen LogP contribution in [0.25, 0.3) is 0 Å². The summed E-state index contributed by atoms with van der Waals surface area (Å²) in [6.07, 6.45) is 25.1. The van der Waals surface area contributed by atoms with Gasteiger partial charge in [0.05, 0.1) is 38.6 Å². The summed E-state index contributed by atoms with van der Waals surface area (Å²) in [5.41, 5.74) is 0. The van der Waals surface area contributed by atoms with Gasteiger partial charge < -0.3 is 89.9 Å². The van der Waals surface area contributed by atoms with Crippen LogP contribution in [0.1, 0.15) is 213 Å². The monoisotopic (exact) mass is 1170 g/mol. The third-order valence-electron chi connectivity index (χ3n) is 15.8. The van der Waals surface area contributed by atoms with Crippen LogP contribution in [-0.4, -0.2) is 193 Å². The number of allylic oxidation sites excluding steroid dienone is 7. The van der Waals surface area contributed by atoms with Gasteiger partial charge in [0.2, 0.25) is 5.91 Å². The Kier molecular flexibility index (Phi) is 41.5. The predicted octanol–water partition coefficient (Wildman–Crippen LogP) is 6.65. The molecule has 3 heterocycles. The summed E-state index contributed by atoms with van der Waals surface area (Å²) in [5, 5.41) is 120. The molecular weight excluding hydrogens is 1060 g/mol. The maximum atomic E-state index is 13.3. The van der Waals surface area contributed by atoms with Gasteiger partial charge >= 0.3 is 0 Å². The van der Waals surface area contributed by atoms with E-state index in [9.17, 15) is 61.0 Å². The largest absolute Gasteiger partial charge is 0.394 e. The van der Waals surface area contributed by atoms with Gasteiger partial charge in [-0.25, -0.2) is 0 Å². The molecule has 0 bridgehead atoms. The number of rotatable bonds is 47. The first-order valence-corrected chi connectivity index (χ1v) is 31.9. The van der Waals surface area contributed by atoms with Gasteiger partial charge in [0.15, 0.2) is 18.9 Å². The topological polar surface area (TPSA) is 307 Å². The normalized spacial score (nSPS) is 29.9. The molecule has 0 spiro atoms. The summed E-state index contributed by atoms with van der Waals surface area (Å²) < 4.78 is 34.2. The first kappa shape index (κ1) is 74.0. The quantitative estimate of drug-likeness (QED) is 0.0224. The maximum absolute atomic E-state index is 13.3. The molecule has 3 aliphatic rings. The minimum Gasteiger partial charge on any atom is -0.394 e. The molecule has 17 unspecified atom stereocenters. The zero-order valence-corrected chi connectivity index (χ0v) is 50.0. The van der Waals surface area contributed by atoms with E-state index in [4.69, 9.17) is 28.4 Å². The molecule has 19 heteroatoms. The SMILES string of the molecule is CCCCCCCCC/C=C\CCCCCCCCCC(=O)NC(COC1OC(CO)C(OC2OC(CO)C(OC3OC(CO)C(O)C(O)C3O)C(O)C2O)C(O)C1O)C(O)/C=C/CC/C=C/CC/C=C/CCCCCCCCCCC. The van der Waals surface area contributed by atoms with Crippen molar-refractivity contribution in [3.63, 3.8) is 0 Å². The number of ether oxygens (including phenoxy) is 6. The lowest BCUT2D eigenvalue weighted by atomic mass is 9.96. The van der Waals surface area contributed by atoms with Gasteiger partial charge in [-0.2, -0.15) is 0 Å². The lowest BCUT2D eigenvalue weighted by Crippen LogP contribution is -2.66. The van der Waals surface area contributed by atoms with Crippen LogP contribution in [0.4, 0.5) is 0 Å². The number of aliphatic hydroxyl groups excluding tert-OH is 11. The van der Waals surface area contributed by atoms with Crippen molar-refractivity contribution in [3.8, 4) is 0 Å². The molecule has 0 radical (unpaired) electrons. The molecule has 1 amide bonds. The fourth-order valence-corrected chi connectivity index (χ4v) is 10.6. The van der Waals surface area contributed by atoms with Crippen LogP contribution in [0.15, 0.2) is 48.6 Å². The lowest BCUT2D eigenvalue weighted by molar-refractivity contribution is -0.379. The van der Waals surface area contributed by atoms with Crippen LogP contribution in [-0.2, 0) is 33.2 Å². The fourth-order valence-electron chi connectivity index (χ4n) is 10.6. The van der Waals surface area contributed by atoms with E-state index in [0.717, 1.165) is 57.8 Å². The van der Waals surface area contributed by atoms with Crippen molar-refractivity contribution >= 4 is 5.91 Å². The molecule has 3 saturated heterocycles. The molecule has 82 heavy (non-hydrogen) atoms. The second kappa shape index (κ2) is 46.0. The number of amides is 1. The van der Waals surface area contributed by atoms with Gasteiger partial charge in [-0.3, -0.25) is 4.79 Å². The molecule has 478 valence electrons. The number of aliphatic hydroxyl groups is 11. The highest BCUT2D eigenvalue weighted by molar-refractivity contribution is 5.76. The Morgan fingerprint density at radius 1 is 0.427 bits per heavy atom. The first-order chi connectivity index (χ1) is 39.8. The smallest absolute Gasteiger partial charge is 0.220 e. The molecule has 0 aromatic rings. The summed E-state index contributed by atoms with van der Waals surface area (Å²) in [6.45, 7) is 1.69. The van der Waals surface area contributed by atoms with Gasteiger partial charge in [-0.05, 0) is 70.6 Å². The van der Waals surface area contributed by atoms with Crippen LogP contribution in [0, 0.1) is 0 Å². The van der Waals surface area contributed by atoms with Gasteiger partial charge in [-0.15, -0.1) is 0 Å². The minimum absolute atomic E-state index is 0.226. The number of nitrogens with one attached hydrogen (secondary N) is 1. The van der Waals surface area contributed by atoms with Crippen LogP contribution < -0.4 is 5.32 Å². The molecular formula is C63H113NO18. The Balaban J connectivity index is 1.51.